The van der Waals surface area contributed by atoms with Gasteiger partial charge in [-0.2, -0.15) is 4.39 Å². The van der Waals surface area contributed by atoms with Gasteiger partial charge >= 0.3 is 0 Å². The van der Waals surface area contributed by atoms with Gasteiger partial charge in [0, 0.05) is 11.1 Å². The summed E-state index contributed by atoms with van der Waals surface area (Å²) in [6.45, 7) is 4.10. The third kappa shape index (κ3) is 5.70. The number of hydrogen-bond donors (Lipinski definition) is 0. The predicted molar refractivity (Wildman–Crippen MR) is 119 cm³/mol. The minimum atomic E-state index is -1.00. The minimum Gasteiger partial charge on any atom is -0.491 e. The highest BCUT2D eigenvalue weighted by Crippen LogP contribution is 2.30. The van der Waals surface area contributed by atoms with Crippen molar-refractivity contribution in [2.45, 2.75) is 39.5 Å². The van der Waals surface area contributed by atoms with Gasteiger partial charge in [0.25, 0.3) is 0 Å². The largest absolute Gasteiger partial charge is 0.491 e. The van der Waals surface area contributed by atoms with E-state index in [1.54, 1.807) is 43.3 Å². The van der Waals surface area contributed by atoms with Crippen LogP contribution in [0.1, 0.15) is 49.8 Å². The molecule has 0 heterocycles. The fraction of sp³-hybridized carbons (Fsp3) is 0.259. The van der Waals surface area contributed by atoms with Gasteiger partial charge in [-0.3, -0.25) is 0 Å². The number of halogens is 3. The van der Waals surface area contributed by atoms with Crippen LogP contribution in [0.2, 0.25) is 0 Å². The molecular formula is C27H25F3O. The van der Waals surface area contributed by atoms with E-state index in [2.05, 4.69) is 18.8 Å². The van der Waals surface area contributed by atoms with Crippen molar-refractivity contribution in [3.05, 3.63) is 88.7 Å². The average molecular weight is 422 g/mol. The van der Waals surface area contributed by atoms with Gasteiger partial charge < -0.3 is 4.74 Å². The summed E-state index contributed by atoms with van der Waals surface area (Å²) in [6, 6.07) is 14.8. The van der Waals surface area contributed by atoms with Gasteiger partial charge in [0.1, 0.15) is 5.82 Å². The van der Waals surface area contributed by atoms with Crippen LogP contribution in [0.25, 0.3) is 11.1 Å². The van der Waals surface area contributed by atoms with E-state index in [0.717, 1.165) is 31.2 Å². The molecule has 0 aliphatic rings. The van der Waals surface area contributed by atoms with Gasteiger partial charge in [0.15, 0.2) is 11.6 Å². The van der Waals surface area contributed by atoms with Gasteiger partial charge in [-0.25, -0.2) is 8.78 Å². The van der Waals surface area contributed by atoms with Gasteiger partial charge in [0.05, 0.1) is 12.2 Å². The van der Waals surface area contributed by atoms with Crippen LogP contribution in [0.5, 0.6) is 5.75 Å². The molecule has 0 atom stereocenters. The predicted octanol–water partition coefficient (Wildman–Crippen LogP) is 7.30. The van der Waals surface area contributed by atoms with E-state index < -0.39 is 11.6 Å². The first-order chi connectivity index (χ1) is 15.0. The van der Waals surface area contributed by atoms with Crippen LogP contribution in [0, 0.1) is 29.3 Å². The molecule has 1 nitrogen and oxygen atoms in total. The van der Waals surface area contributed by atoms with E-state index in [0.29, 0.717) is 16.7 Å². The zero-order chi connectivity index (χ0) is 22.2. The zero-order valence-corrected chi connectivity index (χ0v) is 17.8. The average Bonchev–Trinajstić information content (AvgIpc) is 2.77. The normalized spacial score (nSPS) is 10.5. The maximum Gasteiger partial charge on any atom is 0.201 e. The van der Waals surface area contributed by atoms with Crippen molar-refractivity contribution < 1.29 is 17.9 Å². The first kappa shape index (κ1) is 22.5. The Balaban J connectivity index is 1.75. The lowest BCUT2D eigenvalue weighted by Crippen LogP contribution is -1.98. The van der Waals surface area contributed by atoms with Gasteiger partial charge in [0.2, 0.25) is 5.82 Å². The number of benzene rings is 3. The van der Waals surface area contributed by atoms with Crippen LogP contribution in [-0.4, -0.2) is 6.61 Å². The van der Waals surface area contributed by atoms with Crippen LogP contribution in [0.15, 0.2) is 54.6 Å². The molecule has 0 spiro atoms. The SMILES string of the molecule is CCCCCc1ccc(C#Cc2ccc(-c3ccc(OCC)c(F)c3F)cc2)c(F)c1. The molecule has 0 saturated heterocycles. The number of hydrogen-bond acceptors (Lipinski definition) is 1. The van der Waals surface area contributed by atoms with Crippen molar-refractivity contribution in [2.24, 2.45) is 0 Å². The Bertz CT molecular complexity index is 1090. The molecule has 0 saturated carbocycles. The first-order valence-corrected chi connectivity index (χ1v) is 10.5. The Labute approximate surface area is 181 Å². The third-order valence-corrected chi connectivity index (χ3v) is 4.99. The van der Waals surface area contributed by atoms with E-state index in [1.807, 2.05) is 6.07 Å². The topological polar surface area (TPSA) is 9.23 Å². The lowest BCUT2D eigenvalue weighted by molar-refractivity contribution is 0.314. The van der Waals surface area contributed by atoms with Crippen molar-refractivity contribution in [3.63, 3.8) is 0 Å². The van der Waals surface area contributed by atoms with Crippen molar-refractivity contribution in [1.82, 2.24) is 0 Å². The Morgan fingerprint density at radius 2 is 1.58 bits per heavy atom. The quantitative estimate of drug-likeness (QED) is 0.287. The standard InChI is InChI=1S/C27H25F3O/c1-3-5-6-7-20-11-15-22(24(28)18-20)14-10-19-8-12-21(13-9-19)23-16-17-25(31-4-2)27(30)26(23)29/h8-9,11-13,15-18H,3-7H2,1-2H3. The summed E-state index contributed by atoms with van der Waals surface area (Å²) in [4.78, 5) is 0. The highest BCUT2D eigenvalue weighted by Gasteiger charge is 2.15. The molecular weight excluding hydrogens is 397 g/mol. The molecule has 0 radical (unpaired) electrons. The molecule has 3 aromatic rings. The molecule has 4 heteroatoms. The molecule has 0 amide bonds. The smallest absolute Gasteiger partial charge is 0.201 e. The second-order valence-corrected chi connectivity index (χ2v) is 7.27. The van der Waals surface area contributed by atoms with Crippen molar-refractivity contribution in [2.75, 3.05) is 6.61 Å². The maximum atomic E-state index is 14.4. The summed E-state index contributed by atoms with van der Waals surface area (Å²) in [5.74, 6) is 3.38. The van der Waals surface area contributed by atoms with Gasteiger partial charge in [-0.05, 0) is 67.3 Å². The Morgan fingerprint density at radius 3 is 2.26 bits per heavy atom. The minimum absolute atomic E-state index is 0.107. The summed E-state index contributed by atoms with van der Waals surface area (Å²) >= 11 is 0. The lowest BCUT2D eigenvalue weighted by atomic mass is 10.0. The number of ether oxygens (including phenoxy) is 1. The van der Waals surface area contributed by atoms with E-state index in [4.69, 9.17) is 4.74 Å². The molecule has 0 N–H and O–H groups in total. The Hall–Kier alpha value is -3.19. The van der Waals surface area contributed by atoms with Crippen LogP contribution in [-0.2, 0) is 6.42 Å². The van der Waals surface area contributed by atoms with E-state index in [9.17, 15) is 13.2 Å². The summed E-state index contributed by atoms with van der Waals surface area (Å²) in [5, 5.41) is 0. The number of rotatable bonds is 7. The van der Waals surface area contributed by atoms with Gasteiger partial charge in [-0.15, -0.1) is 0 Å². The summed E-state index contributed by atoms with van der Waals surface area (Å²) < 4.78 is 47.9. The molecule has 0 fully saturated rings. The second-order valence-electron chi connectivity index (χ2n) is 7.27. The summed E-state index contributed by atoms with van der Waals surface area (Å²) in [5.41, 5.74) is 2.63. The monoisotopic (exact) mass is 422 g/mol. The van der Waals surface area contributed by atoms with Crippen LogP contribution in [0.4, 0.5) is 13.2 Å². The zero-order valence-electron chi connectivity index (χ0n) is 17.8. The highest BCUT2D eigenvalue weighted by atomic mass is 19.2. The Morgan fingerprint density at radius 1 is 0.806 bits per heavy atom. The molecule has 0 aromatic heterocycles. The molecule has 0 unspecified atom stereocenters. The molecule has 160 valence electrons. The van der Waals surface area contributed by atoms with Crippen molar-refractivity contribution in [3.8, 4) is 28.7 Å². The van der Waals surface area contributed by atoms with Gasteiger partial charge in [-0.1, -0.05) is 49.8 Å². The molecule has 0 bridgehead atoms. The highest BCUT2D eigenvalue weighted by molar-refractivity contribution is 5.66. The number of aryl methyl sites for hydroxylation is 1. The van der Waals surface area contributed by atoms with Crippen molar-refractivity contribution in [1.29, 1.82) is 0 Å². The summed E-state index contributed by atoms with van der Waals surface area (Å²) in [6.07, 6.45) is 4.17. The van der Waals surface area contributed by atoms with Crippen LogP contribution >= 0.6 is 0 Å². The van der Waals surface area contributed by atoms with Crippen molar-refractivity contribution >= 4 is 0 Å². The van der Waals surface area contributed by atoms with Crippen LogP contribution in [0.3, 0.4) is 0 Å². The lowest BCUT2D eigenvalue weighted by Gasteiger charge is -2.09. The molecule has 3 aromatic carbocycles. The molecule has 0 aliphatic heterocycles. The third-order valence-electron chi connectivity index (χ3n) is 4.99. The molecule has 0 aliphatic carbocycles. The van der Waals surface area contributed by atoms with Crippen LogP contribution < -0.4 is 4.74 Å². The van der Waals surface area contributed by atoms with E-state index >= 15 is 0 Å². The second kappa shape index (κ2) is 10.7. The van der Waals surface area contributed by atoms with E-state index in [1.165, 1.54) is 12.1 Å². The fourth-order valence-electron chi connectivity index (χ4n) is 3.29. The molecule has 31 heavy (non-hydrogen) atoms. The Kier molecular flexibility index (Phi) is 7.78. The fourth-order valence-corrected chi connectivity index (χ4v) is 3.29. The maximum absolute atomic E-state index is 14.4. The first-order valence-electron chi connectivity index (χ1n) is 10.5. The van der Waals surface area contributed by atoms with E-state index in [-0.39, 0.29) is 23.7 Å². The summed E-state index contributed by atoms with van der Waals surface area (Å²) in [7, 11) is 0. The molecule has 3 rings (SSSR count). The number of unbranched alkanes of at least 4 members (excludes halogenated alkanes) is 2.